The maximum atomic E-state index is 11.5. The minimum Gasteiger partial charge on any atom is -0.469 e. The van der Waals surface area contributed by atoms with Crippen molar-refractivity contribution in [3.63, 3.8) is 0 Å². The van der Waals surface area contributed by atoms with Gasteiger partial charge < -0.3 is 14.2 Å². The molecule has 7 nitrogen and oxygen atoms in total. The van der Waals surface area contributed by atoms with Crippen LogP contribution < -0.4 is 4.74 Å². The Kier molecular flexibility index (Phi) is 7.81. The first-order valence-corrected chi connectivity index (χ1v) is 16.6. The van der Waals surface area contributed by atoms with Crippen molar-refractivity contribution in [2.45, 2.75) is 82.5 Å². The van der Waals surface area contributed by atoms with Crippen LogP contribution in [0.1, 0.15) is 41.5 Å². The largest absolute Gasteiger partial charge is 0.469 e. The molecule has 4 rings (SSSR count). The number of aromatic nitrogens is 3. The molecular weight excluding hydrogens is 454 g/mol. The normalized spacial score (nSPS) is 14.9. The molecule has 180 valence electrons. The van der Waals surface area contributed by atoms with Crippen molar-refractivity contribution in [1.82, 2.24) is 14.8 Å². The minimum absolute atomic E-state index is 0.233. The Morgan fingerprint density at radius 2 is 1.82 bits per heavy atom. The van der Waals surface area contributed by atoms with E-state index >= 15 is 0 Å². The molecular formula is C24H35N3O4SSi. The van der Waals surface area contributed by atoms with Crippen molar-refractivity contribution in [3.05, 3.63) is 28.3 Å². The summed E-state index contributed by atoms with van der Waals surface area (Å²) in [6, 6.07) is 3.96. The Morgan fingerprint density at radius 1 is 1.12 bits per heavy atom. The molecule has 2 aliphatic carbocycles. The van der Waals surface area contributed by atoms with Crippen molar-refractivity contribution >= 4 is 25.8 Å². The average molecular weight is 490 g/mol. The first kappa shape index (κ1) is 24.3. The minimum atomic E-state index is -1.17. The number of benzene rings is 1. The van der Waals surface area contributed by atoms with E-state index in [1.165, 1.54) is 54.0 Å². The first-order chi connectivity index (χ1) is 15.8. The lowest BCUT2D eigenvalue weighted by molar-refractivity contribution is -0.140. The summed E-state index contributed by atoms with van der Waals surface area (Å²) in [7, 11) is 0.233. The number of hydrogen-bond donors (Lipinski definition) is 0. The van der Waals surface area contributed by atoms with E-state index in [1.807, 2.05) is 0 Å². The molecule has 0 saturated carbocycles. The lowest BCUT2D eigenvalue weighted by atomic mass is 10.0. The monoisotopic (exact) mass is 489 g/mol. The van der Waals surface area contributed by atoms with Crippen LogP contribution in [0.3, 0.4) is 0 Å². The van der Waals surface area contributed by atoms with Gasteiger partial charge in [0.2, 0.25) is 5.16 Å². The van der Waals surface area contributed by atoms with Crippen LogP contribution >= 0.6 is 11.8 Å². The molecule has 2 aromatic rings. The summed E-state index contributed by atoms with van der Waals surface area (Å²) in [5, 5.41) is 5.22. The van der Waals surface area contributed by atoms with Gasteiger partial charge in [-0.25, -0.2) is 0 Å². The number of aryl methyl sites for hydroxylation is 2. The maximum Gasteiger partial charge on any atom is 0.323 e. The molecule has 0 saturated heterocycles. The number of methoxy groups -OCH3 is 1. The molecule has 1 heterocycles. The van der Waals surface area contributed by atoms with E-state index in [1.54, 1.807) is 4.68 Å². The van der Waals surface area contributed by atoms with Gasteiger partial charge in [0.05, 0.1) is 13.5 Å². The number of rotatable bonds is 11. The molecule has 0 atom stereocenters. The van der Waals surface area contributed by atoms with Crippen molar-refractivity contribution in [2.24, 2.45) is 0 Å². The summed E-state index contributed by atoms with van der Waals surface area (Å²) in [6.45, 7) is 8.03. The Labute approximate surface area is 201 Å². The van der Waals surface area contributed by atoms with E-state index < -0.39 is 8.07 Å². The number of ether oxygens (including phenoxy) is 3. The van der Waals surface area contributed by atoms with E-state index in [0.717, 1.165) is 37.5 Å². The third kappa shape index (κ3) is 6.19. The number of nitrogens with zero attached hydrogens (tertiary/aromatic N) is 3. The molecule has 0 N–H and O–H groups in total. The second-order valence-electron chi connectivity index (χ2n) is 9.99. The van der Waals surface area contributed by atoms with Crippen LogP contribution in [-0.2, 0) is 46.7 Å². The van der Waals surface area contributed by atoms with Gasteiger partial charge in [-0.1, -0.05) is 37.5 Å². The molecule has 2 aliphatic rings. The molecule has 0 aliphatic heterocycles. The third-order valence-electron chi connectivity index (χ3n) is 6.20. The smallest absolute Gasteiger partial charge is 0.323 e. The van der Waals surface area contributed by atoms with Gasteiger partial charge >= 0.3 is 12.0 Å². The zero-order valence-corrected chi connectivity index (χ0v) is 22.1. The molecule has 1 aromatic heterocycles. The van der Waals surface area contributed by atoms with Crippen LogP contribution in [0.4, 0.5) is 0 Å². The van der Waals surface area contributed by atoms with Crippen molar-refractivity contribution < 1.29 is 19.0 Å². The van der Waals surface area contributed by atoms with E-state index in [9.17, 15) is 4.79 Å². The van der Waals surface area contributed by atoms with Gasteiger partial charge in [-0.05, 0) is 66.8 Å². The second kappa shape index (κ2) is 10.6. The summed E-state index contributed by atoms with van der Waals surface area (Å²) in [4.78, 5) is 16.1. The summed E-state index contributed by atoms with van der Waals surface area (Å²) >= 11 is 1.43. The highest BCUT2D eigenvalue weighted by Gasteiger charge is 2.27. The lowest BCUT2D eigenvalue weighted by Gasteiger charge is -2.17. The standard InChI is InChI=1S/C24H35N3O4SSi/c1-29-21(28)11-13-32-23-25-24(27(26-23)16-30-12-14-33(2,3)4)31-22-19-9-5-7-17(19)15-18-8-6-10-20(18)22/h15H,5-14,16H2,1-4H3. The van der Waals surface area contributed by atoms with Gasteiger partial charge in [0.25, 0.3) is 0 Å². The van der Waals surface area contributed by atoms with Gasteiger partial charge in [0.15, 0.2) is 0 Å². The molecule has 9 heteroatoms. The van der Waals surface area contributed by atoms with E-state index in [-0.39, 0.29) is 5.97 Å². The summed E-state index contributed by atoms with van der Waals surface area (Å²) in [5.41, 5.74) is 5.53. The summed E-state index contributed by atoms with van der Waals surface area (Å²) in [6.07, 6.45) is 7.03. The van der Waals surface area contributed by atoms with Crippen molar-refractivity contribution in [3.8, 4) is 11.8 Å². The fraction of sp³-hybridized carbons (Fsp3) is 0.625. The molecule has 0 bridgehead atoms. The van der Waals surface area contributed by atoms with Crippen molar-refractivity contribution in [2.75, 3.05) is 19.5 Å². The summed E-state index contributed by atoms with van der Waals surface area (Å²) in [5.74, 6) is 1.32. The molecule has 0 amide bonds. The maximum absolute atomic E-state index is 11.5. The third-order valence-corrected chi connectivity index (χ3v) is 8.75. The van der Waals surface area contributed by atoms with Crippen LogP contribution in [0.2, 0.25) is 25.7 Å². The molecule has 33 heavy (non-hydrogen) atoms. The van der Waals surface area contributed by atoms with Crippen LogP contribution in [0.25, 0.3) is 0 Å². The highest BCUT2D eigenvalue weighted by molar-refractivity contribution is 7.99. The Bertz CT molecular complexity index is 970. The average Bonchev–Trinajstić information content (AvgIpc) is 3.50. The van der Waals surface area contributed by atoms with Gasteiger partial charge in [-0.2, -0.15) is 9.67 Å². The van der Waals surface area contributed by atoms with Crippen LogP contribution in [0, 0.1) is 0 Å². The van der Waals surface area contributed by atoms with E-state index in [4.69, 9.17) is 14.2 Å². The first-order valence-electron chi connectivity index (χ1n) is 11.9. The number of carbonyl (C=O) groups excluding carboxylic acids is 1. The number of hydrogen-bond acceptors (Lipinski definition) is 7. The SMILES string of the molecule is COC(=O)CCSc1nc(Oc2c3c(cc4c2CCC4)CCC3)n(COCC[Si](C)(C)C)n1. The van der Waals surface area contributed by atoms with E-state index in [0.29, 0.717) is 36.7 Å². The van der Waals surface area contributed by atoms with Crippen LogP contribution in [-0.4, -0.2) is 48.3 Å². The van der Waals surface area contributed by atoms with Gasteiger partial charge in [0.1, 0.15) is 12.5 Å². The highest BCUT2D eigenvalue weighted by Crippen LogP contribution is 2.42. The van der Waals surface area contributed by atoms with Crippen LogP contribution in [0.15, 0.2) is 11.2 Å². The predicted octanol–water partition coefficient (Wildman–Crippen LogP) is 5.02. The zero-order chi connectivity index (χ0) is 23.4. The Morgan fingerprint density at radius 3 is 2.45 bits per heavy atom. The number of carbonyl (C=O) groups is 1. The molecule has 0 radical (unpaired) electrons. The molecule has 0 spiro atoms. The number of thioether (sulfide) groups is 1. The fourth-order valence-corrected chi connectivity index (χ4v) is 5.87. The molecule has 0 unspecified atom stereocenters. The number of esters is 1. The Balaban J connectivity index is 1.54. The van der Waals surface area contributed by atoms with Gasteiger partial charge in [-0.3, -0.25) is 4.79 Å². The van der Waals surface area contributed by atoms with Gasteiger partial charge in [0, 0.05) is 20.4 Å². The lowest BCUT2D eigenvalue weighted by Crippen LogP contribution is -2.22. The van der Waals surface area contributed by atoms with Crippen LogP contribution in [0.5, 0.6) is 11.8 Å². The number of fused-ring (bicyclic) bond motifs is 2. The Hall–Kier alpha value is -1.84. The second-order valence-corrected chi connectivity index (χ2v) is 16.7. The predicted molar refractivity (Wildman–Crippen MR) is 132 cm³/mol. The fourth-order valence-electron chi connectivity index (χ4n) is 4.36. The van der Waals surface area contributed by atoms with Crippen molar-refractivity contribution in [1.29, 1.82) is 0 Å². The molecule has 1 aromatic carbocycles. The highest BCUT2D eigenvalue weighted by atomic mass is 32.2. The van der Waals surface area contributed by atoms with Gasteiger partial charge in [-0.15, -0.1) is 5.10 Å². The molecule has 0 fully saturated rings. The zero-order valence-electron chi connectivity index (χ0n) is 20.2. The summed E-state index contributed by atoms with van der Waals surface area (Å²) < 4.78 is 19.0. The topological polar surface area (TPSA) is 75.5 Å². The quantitative estimate of drug-likeness (QED) is 0.190. The van der Waals surface area contributed by atoms with E-state index in [2.05, 4.69) is 35.8 Å².